The van der Waals surface area contributed by atoms with Gasteiger partial charge in [-0.1, -0.05) is 20.8 Å². The van der Waals surface area contributed by atoms with Gasteiger partial charge in [-0.3, -0.25) is 0 Å². The first-order chi connectivity index (χ1) is 9.90. The molecule has 0 saturated heterocycles. The Bertz CT molecular complexity index is 572. The van der Waals surface area contributed by atoms with Crippen LogP contribution in [0, 0.1) is 0 Å². The zero-order valence-electron chi connectivity index (χ0n) is 13.5. The van der Waals surface area contributed by atoms with E-state index in [1.54, 1.807) is 6.26 Å². The lowest BCUT2D eigenvalue weighted by atomic mass is 9.96. The molecule has 5 nitrogen and oxygen atoms in total. The van der Waals surface area contributed by atoms with E-state index in [2.05, 4.69) is 42.9 Å². The second kappa shape index (κ2) is 6.16. The van der Waals surface area contributed by atoms with Gasteiger partial charge in [-0.2, -0.15) is 0 Å². The van der Waals surface area contributed by atoms with E-state index >= 15 is 0 Å². The van der Waals surface area contributed by atoms with Gasteiger partial charge in [0, 0.05) is 25.1 Å². The Balaban J connectivity index is 2.30. The van der Waals surface area contributed by atoms with Gasteiger partial charge in [0.1, 0.15) is 23.2 Å². The van der Waals surface area contributed by atoms with Gasteiger partial charge in [0.05, 0.1) is 12.8 Å². The van der Waals surface area contributed by atoms with Crippen LogP contribution in [-0.2, 0) is 12.0 Å². The first kappa shape index (κ1) is 15.4. The van der Waals surface area contributed by atoms with Gasteiger partial charge in [-0.25, -0.2) is 9.97 Å². The second-order valence-corrected chi connectivity index (χ2v) is 6.15. The van der Waals surface area contributed by atoms with Crippen molar-refractivity contribution in [2.24, 2.45) is 0 Å². The summed E-state index contributed by atoms with van der Waals surface area (Å²) >= 11 is 0. The highest BCUT2D eigenvalue weighted by Crippen LogP contribution is 2.24. The minimum absolute atomic E-state index is 0.0916. The van der Waals surface area contributed by atoms with Crippen LogP contribution >= 0.6 is 0 Å². The normalized spacial score (nSPS) is 11.5. The summed E-state index contributed by atoms with van der Waals surface area (Å²) in [4.78, 5) is 11.4. The Labute approximate surface area is 126 Å². The number of furan rings is 1. The van der Waals surface area contributed by atoms with E-state index in [0.717, 1.165) is 29.8 Å². The van der Waals surface area contributed by atoms with Crippen LogP contribution in [0.5, 0.6) is 0 Å². The Morgan fingerprint density at radius 1 is 1.29 bits per heavy atom. The molecule has 0 spiro atoms. The molecule has 114 valence electrons. The smallest absolute Gasteiger partial charge is 0.138 e. The summed E-state index contributed by atoms with van der Waals surface area (Å²) in [6.07, 6.45) is 1.69. The fraction of sp³-hybridized carbons (Fsp3) is 0.500. The van der Waals surface area contributed by atoms with Gasteiger partial charge in [0.2, 0.25) is 0 Å². The van der Waals surface area contributed by atoms with Crippen LogP contribution in [-0.4, -0.2) is 23.6 Å². The van der Waals surface area contributed by atoms with E-state index in [0.29, 0.717) is 6.54 Å². The molecule has 2 aromatic heterocycles. The summed E-state index contributed by atoms with van der Waals surface area (Å²) < 4.78 is 5.40. The van der Waals surface area contributed by atoms with Gasteiger partial charge in [0.15, 0.2) is 0 Å². The van der Waals surface area contributed by atoms with Crippen LogP contribution in [0.1, 0.15) is 39.3 Å². The molecule has 0 aliphatic rings. The van der Waals surface area contributed by atoms with Gasteiger partial charge in [0.25, 0.3) is 0 Å². The summed E-state index contributed by atoms with van der Waals surface area (Å²) in [7, 11) is 2.01. The number of nitrogens with zero attached hydrogens (tertiary/aromatic N) is 3. The Hall–Kier alpha value is -2.04. The molecule has 2 heterocycles. The van der Waals surface area contributed by atoms with Crippen molar-refractivity contribution in [3.05, 3.63) is 36.0 Å². The average Bonchev–Trinajstić information content (AvgIpc) is 2.90. The quantitative estimate of drug-likeness (QED) is 0.913. The molecule has 0 amide bonds. The minimum Gasteiger partial charge on any atom is -0.467 e. The molecule has 21 heavy (non-hydrogen) atoms. The fourth-order valence-corrected chi connectivity index (χ4v) is 1.95. The van der Waals surface area contributed by atoms with E-state index < -0.39 is 0 Å². The molecule has 2 aromatic rings. The molecule has 0 atom stereocenters. The summed E-state index contributed by atoms with van der Waals surface area (Å²) in [5, 5.41) is 3.27. The first-order valence-electron chi connectivity index (χ1n) is 7.27. The van der Waals surface area contributed by atoms with Crippen molar-refractivity contribution in [2.75, 3.05) is 23.8 Å². The number of nitrogens with one attached hydrogen (secondary N) is 1. The van der Waals surface area contributed by atoms with Crippen molar-refractivity contribution in [3.8, 4) is 0 Å². The molecule has 0 aromatic carbocycles. The highest BCUT2D eigenvalue weighted by molar-refractivity contribution is 5.49. The summed E-state index contributed by atoms with van der Waals surface area (Å²) in [6.45, 7) is 9.93. The third-order valence-electron chi connectivity index (χ3n) is 3.11. The Kier molecular flexibility index (Phi) is 4.50. The highest BCUT2D eigenvalue weighted by atomic mass is 16.3. The molecule has 0 fully saturated rings. The molecule has 5 heteroatoms. The number of aromatic nitrogens is 2. The Morgan fingerprint density at radius 3 is 2.62 bits per heavy atom. The lowest BCUT2D eigenvalue weighted by Crippen LogP contribution is -2.23. The average molecular weight is 288 g/mol. The Morgan fingerprint density at radius 2 is 2.05 bits per heavy atom. The molecule has 1 N–H and O–H groups in total. The van der Waals surface area contributed by atoms with Gasteiger partial charge in [-0.15, -0.1) is 0 Å². The zero-order valence-corrected chi connectivity index (χ0v) is 13.5. The third kappa shape index (κ3) is 3.97. The maximum Gasteiger partial charge on any atom is 0.138 e. The molecule has 0 bridgehead atoms. The molecule has 0 radical (unpaired) electrons. The standard InChI is InChI=1S/C16H24N4O/c1-6-17-13-10-14(19-15(18-13)16(2,3)4)20(5)11-12-8-7-9-21-12/h7-10H,6,11H2,1-5H3,(H,17,18,19). The number of hydrogen-bond donors (Lipinski definition) is 1. The lowest BCUT2D eigenvalue weighted by Gasteiger charge is -2.22. The van der Waals surface area contributed by atoms with Crippen molar-refractivity contribution < 1.29 is 4.42 Å². The summed E-state index contributed by atoms with van der Waals surface area (Å²) in [6, 6.07) is 5.84. The maximum absolute atomic E-state index is 5.40. The van der Waals surface area contributed by atoms with Crippen molar-refractivity contribution in [1.82, 2.24) is 9.97 Å². The topological polar surface area (TPSA) is 54.2 Å². The molecule has 0 aliphatic heterocycles. The predicted octanol–water partition coefficient (Wildman–Crippen LogP) is 3.44. The first-order valence-corrected chi connectivity index (χ1v) is 7.27. The second-order valence-electron chi connectivity index (χ2n) is 6.15. The van der Waals surface area contributed by atoms with Gasteiger partial charge in [-0.05, 0) is 19.1 Å². The zero-order chi connectivity index (χ0) is 15.5. The third-order valence-corrected chi connectivity index (χ3v) is 3.11. The minimum atomic E-state index is -0.0916. The van der Waals surface area contributed by atoms with Gasteiger partial charge >= 0.3 is 0 Å². The molecule has 0 aliphatic carbocycles. The van der Waals surface area contributed by atoms with Crippen LogP contribution in [0.4, 0.5) is 11.6 Å². The van der Waals surface area contributed by atoms with Crippen molar-refractivity contribution in [3.63, 3.8) is 0 Å². The van der Waals surface area contributed by atoms with Crippen molar-refractivity contribution in [1.29, 1.82) is 0 Å². The number of rotatable bonds is 5. The van der Waals surface area contributed by atoms with E-state index in [-0.39, 0.29) is 5.41 Å². The monoisotopic (exact) mass is 288 g/mol. The molecule has 2 rings (SSSR count). The van der Waals surface area contributed by atoms with E-state index in [1.807, 2.05) is 25.2 Å². The van der Waals surface area contributed by atoms with Crippen LogP contribution in [0.25, 0.3) is 0 Å². The molecule has 0 unspecified atom stereocenters. The molecular formula is C16H24N4O. The van der Waals surface area contributed by atoms with Gasteiger partial charge < -0.3 is 14.6 Å². The maximum atomic E-state index is 5.40. The molecule has 0 saturated carbocycles. The highest BCUT2D eigenvalue weighted by Gasteiger charge is 2.20. The number of anilines is 2. The summed E-state index contributed by atoms with van der Waals surface area (Å²) in [5.74, 6) is 3.50. The van der Waals surface area contributed by atoms with Crippen molar-refractivity contribution in [2.45, 2.75) is 39.7 Å². The van der Waals surface area contributed by atoms with E-state index in [1.165, 1.54) is 0 Å². The summed E-state index contributed by atoms with van der Waals surface area (Å²) in [5.41, 5.74) is -0.0916. The van der Waals surface area contributed by atoms with E-state index in [4.69, 9.17) is 9.40 Å². The fourth-order valence-electron chi connectivity index (χ4n) is 1.95. The van der Waals surface area contributed by atoms with Crippen LogP contribution in [0.2, 0.25) is 0 Å². The van der Waals surface area contributed by atoms with Crippen molar-refractivity contribution >= 4 is 11.6 Å². The molecular weight excluding hydrogens is 264 g/mol. The van der Waals surface area contributed by atoms with Crippen LogP contribution < -0.4 is 10.2 Å². The number of hydrogen-bond acceptors (Lipinski definition) is 5. The van der Waals surface area contributed by atoms with E-state index in [9.17, 15) is 0 Å². The lowest BCUT2D eigenvalue weighted by molar-refractivity contribution is 0.505. The largest absolute Gasteiger partial charge is 0.467 e. The van der Waals surface area contributed by atoms with Crippen LogP contribution in [0.15, 0.2) is 28.9 Å². The predicted molar refractivity (Wildman–Crippen MR) is 85.7 cm³/mol. The SMILES string of the molecule is CCNc1cc(N(C)Cc2ccco2)nc(C(C)(C)C)n1. The van der Waals surface area contributed by atoms with Crippen LogP contribution in [0.3, 0.4) is 0 Å².